The van der Waals surface area contributed by atoms with Crippen molar-refractivity contribution in [1.29, 1.82) is 0 Å². The van der Waals surface area contributed by atoms with Gasteiger partial charge in [0, 0.05) is 12.1 Å². The number of nitrogens with two attached hydrogens (primary N) is 1. The molecule has 0 saturated heterocycles. The van der Waals surface area contributed by atoms with Crippen LogP contribution in [0.1, 0.15) is 24.8 Å². The molecule has 5 heteroatoms. The first-order valence-electron chi connectivity index (χ1n) is 6.05. The molecule has 0 spiro atoms. The van der Waals surface area contributed by atoms with Gasteiger partial charge >= 0.3 is 0 Å². The number of aryl methyl sites for hydroxylation is 1. The maximum Gasteiger partial charge on any atom is 0.224 e. The second-order valence-electron chi connectivity index (χ2n) is 4.21. The molecule has 0 aromatic heterocycles. The van der Waals surface area contributed by atoms with Crippen LogP contribution in [0.5, 0.6) is 5.75 Å². The number of fused-ring (bicyclic) bond motifs is 1. The van der Waals surface area contributed by atoms with Gasteiger partial charge in [0.15, 0.2) is 0 Å². The molecular weight excluding hydrogens is 252 g/mol. The molecule has 0 atom stereocenters. The smallest absolute Gasteiger partial charge is 0.224 e. The molecule has 2 rings (SSSR count). The van der Waals surface area contributed by atoms with Crippen molar-refractivity contribution in [2.24, 2.45) is 5.73 Å². The summed E-state index contributed by atoms with van der Waals surface area (Å²) in [5.41, 5.74) is 7.38. The van der Waals surface area contributed by atoms with Gasteiger partial charge in [0.2, 0.25) is 5.91 Å². The average molecular weight is 271 g/mol. The fourth-order valence-electron chi connectivity index (χ4n) is 1.92. The first-order valence-corrected chi connectivity index (χ1v) is 6.05. The first kappa shape index (κ1) is 14.8. The Labute approximate surface area is 113 Å². The third-order valence-corrected chi connectivity index (χ3v) is 2.80. The normalized spacial score (nSPS) is 12.9. The standard InChI is InChI=1S/C13H18N2O2.ClH/c14-7-1-4-13(16)15-11-5-6-12-10(9-11)3-2-8-17-12;/h5-6,9H,1-4,7-8,14H2,(H,15,16);1H. The van der Waals surface area contributed by atoms with Crippen molar-refractivity contribution in [2.45, 2.75) is 25.7 Å². The quantitative estimate of drug-likeness (QED) is 0.881. The lowest BCUT2D eigenvalue weighted by molar-refractivity contribution is -0.116. The molecule has 1 aromatic carbocycles. The van der Waals surface area contributed by atoms with Gasteiger partial charge in [0.25, 0.3) is 0 Å². The highest BCUT2D eigenvalue weighted by atomic mass is 35.5. The maximum atomic E-state index is 11.5. The fraction of sp³-hybridized carbons (Fsp3) is 0.462. The Hall–Kier alpha value is -1.26. The van der Waals surface area contributed by atoms with E-state index in [1.807, 2.05) is 18.2 Å². The monoisotopic (exact) mass is 270 g/mol. The SMILES string of the molecule is Cl.NCCCC(=O)Nc1ccc2c(c1)CCCO2. The van der Waals surface area contributed by atoms with E-state index in [0.29, 0.717) is 13.0 Å². The minimum absolute atomic E-state index is 0. The Morgan fingerprint density at radius 2 is 2.28 bits per heavy atom. The Kier molecular flexibility index (Phi) is 5.95. The molecule has 1 heterocycles. The number of carbonyl (C=O) groups excluding carboxylic acids is 1. The van der Waals surface area contributed by atoms with Crippen LogP contribution in [0.25, 0.3) is 0 Å². The first-order chi connectivity index (χ1) is 8.29. The maximum absolute atomic E-state index is 11.5. The largest absolute Gasteiger partial charge is 0.493 e. The van der Waals surface area contributed by atoms with Crippen LogP contribution in [0.4, 0.5) is 5.69 Å². The summed E-state index contributed by atoms with van der Waals surface area (Å²) in [5, 5.41) is 2.88. The number of hydrogen-bond acceptors (Lipinski definition) is 3. The van der Waals surface area contributed by atoms with Crippen molar-refractivity contribution < 1.29 is 9.53 Å². The molecule has 0 aliphatic carbocycles. The van der Waals surface area contributed by atoms with Crippen LogP contribution in [-0.4, -0.2) is 19.1 Å². The van der Waals surface area contributed by atoms with Crippen LogP contribution in [0.3, 0.4) is 0 Å². The van der Waals surface area contributed by atoms with E-state index < -0.39 is 0 Å². The van der Waals surface area contributed by atoms with Gasteiger partial charge in [-0.3, -0.25) is 4.79 Å². The van der Waals surface area contributed by atoms with E-state index >= 15 is 0 Å². The van der Waals surface area contributed by atoms with E-state index in [4.69, 9.17) is 10.5 Å². The average Bonchev–Trinajstić information content (AvgIpc) is 2.36. The van der Waals surface area contributed by atoms with E-state index in [1.54, 1.807) is 0 Å². The molecule has 1 amide bonds. The zero-order chi connectivity index (χ0) is 12.1. The third-order valence-electron chi connectivity index (χ3n) is 2.80. The van der Waals surface area contributed by atoms with Gasteiger partial charge in [-0.1, -0.05) is 0 Å². The van der Waals surface area contributed by atoms with Gasteiger partial charge in [-0.25, -0.2) is 0 Å². The summed E-state index contributed by atoms with van der Waals surface area (Å²) in [4.78, 5) is 11.5. The lowest BCUT2D eigenvalue weighted by Gasteiger charge is -2.18. The highest BCUT2D eigenvalue weighted by Crippen LogP contribution is 2.27. The summed E-state index contributed by atoms with van der Waals surface area (Å²) < 4.78 is 5.52. The molecule has 1 aromatic rings. The van der Waals surface area contributed by atoms with Crippen LogP contribution < -0.4 is 15.8 Å². The second-order valence-corrected chi connectivity index (χ2v) is 4.21. The van der Waals surface area contributed by atoms with Gasteiger partial charge < -0.3 is 15.8 Å². The van der Waals surface area contributed by atoms with E-state index in [1.165, 1.54) is 5.56 Å². The Bertz CT molecular complexity index is 410. The minimum atomic E-state index is 0. The van der Waals surface area contributed by atoms with Crippen LogP contribution in [-0.2, 0) is 11.2 Å². The van der Waals surface area contributed by atoms with Gasteiger partial charge in [0.1, 0.15) is 5.75 Å². The molecule has 1 aliphatic rings. The zero-order valence-corrected chi connectivity index (χ0v) is 11.1. The van der Waals surface area contributed by atoms with Crippen molar-refractivity contribution in [1.82, 2.24) is 0 Å². The van der Waals surface area contributed by atoms with E-state index in [-0.39, 0.29) is 18.3 Å². The van der Waals surface area contributed by atoms with Crippen molar-refractivity contribution in [2.75, 3.05) is 18.5 Å². The topological polar surface area (TPSA) is 64.4 Å². The molecule has 4 nitrogen and oxygen atoms in total. The number of carbonyl (C=O) groups is 1. The lowest BCUT2D eigenvalue weighted by atomic mass is 10.1. The van der Waals surface area contributed by atoms with E-state index in [9.17, 15) is 4.79 Å². The number of anilines is 1. The molecule has 0 radical (unpaired) electrons. The van der Waals surface area contributed by atoms with Crippen LogP contribution in [0.15, 0.2) is 18.2 Å². The van der Waals surface area contributed by atoms with E-state index in [2.05, 4.69) is 5.32 Å². The van der Waals surface area contributed by atoms with Gasteiger partial charge in [-0.15, -0.1) is 12.4 Å². The van der Waals surface area contributed by atoms with Crippen LogP contribution in [0.2, 0.25) is 0 Å². The predicted octanol–water partition coefficient (Wildman–Crippen LogP) is 2.11. The highest BCUT2D eigenvalue weighted by Gasteiger charge is 2.11. The van der Waals surface area contributed by atoms with Crippen molar-refractivity contribution in [3.8, 4) is 5.75 Å². The fourth-order valence-corrected chi connectivity index (χ4v) is 1.92. The summed E-state index contributed by atoms with van der Waals surface area (Å²) in [6.07, 6.45) is 3.25. The lowest BCUT2D eigenvalue weighted by Crippen LogP contribution is -2.14. The van der Waals surface area contributed by atoms with Gasteiger partial charge in [-0.2, -0.15) is 0 Å². The van der Waals surface area contributed by atoms with Gasteiger partial charge in [0.05, 0.1) is 6.61 Å². The molecule has 1 aliphatic heterocycles. The molecule has 0 saturated carbocycles. The molecule has 0 fully saturated rings. The number of hydrogen-bond donors (Lipinski definition) is 2. The van der Waals surface area contributed by atoms with Crippen molar-refractivity contribution in [3.63, 3.8) is 0 Å². The van der Waals surface area contributed by atoms with Crippen molar-refractivity contribution >= 4 is 24.0 Å². The number of rotatable bonds is 4. The minimum Gasteiger partial charge on any atom is -0.493 e. The molecule has 100 valence electrons. The number of benzene rings is 1. The summed E-state index contributed by atoms with van der Waals surface area (Å²) >= 11 is 0. The molecule has 18 heavy (non-hydrogen) atoms. The highest BCUT2D eigenvalue weighted by molar-refractivity contribution is 5.90. The number of amides is 1. The van der Waals surface area contributed by atoms with Gasteiger partial charge in [-0.05, 0) is 49.6 Å². The number of halogens is 1. The third kappa shape index (κ3) is 3.89. The molecular formula is C13H19ClN2O2. The number of nitrogens with one attached hydrogen (secondary N) is 1. The summed E-state index contributed by atoms with van der Waals surface area (Å²) in [6, 6.07) is 5.80. The van der Waals surface area contributed by atoms with Crippen LogP contribution in [0, 0.1) is 0 Å². The summed E-state index contributed by atoms with van der Waals surface area (Å²) in [6.45, 7) is 1.33. The van der Waals surface area contributed by atoms with E-state index in [0.717, 1.165) is 37.3 Å². The van der Waals surface area contributed by atoms with Crippen molar-refractivity contribution in [3.05, 3.63) is 23.8 Å². The predicted molar refractivity (Wildman–Crippen MR) is 74.4 cm³/mol. The molecule has 0 bridgehead atoms. The summed E-state index contributed by atoms with van der Waals surface area (Å²) in [7, 11) is 0. The Balaban J connectivity index is 0.00000162. The van der Waals surface area contributed by atoms with Crippen LogP contribution >= 0.6 is 12.4 Å². The Morgan fingerprint density at radius 3 is 3.06 bits per heavy atom. The second kappa shape index (κ2) is 7.24. The molecule has 3 N–H and O–H groups in total. The Morgan fingerprint density at radius 1 is 1.44 bits per heavy atom. The number of ether oxygens (including phenoxy) is 1. The zero-order valence-electron chi connectivity index (χ0n) is 10.3. The molecule has 0 unspecified atom stereocenters. The summed E-state index contributed by atoms with van der Waals surface area (Å²) in [5.74, 6) is 0.961.